The first-order valence-electron chi connectivity index (χ1n) is 8.09. The second-order valence-electron chi connectivity index (χ2n) is 5.89. The normalized spacial score (nSPS) is 20.2. The summed E-state index contributed by atoms with van der Waals surface area (Å²) in [6.07, 6.45) is 0.668. The van der Waals surface area contributed by atoms with E-state index in [4.69, 9.17) is 13.9 Å². The van der Waals surface area contributed by atoms with Crippen LogP contribution in [-0.2, 0) is 16.1 Å². The van der Waals surface area contributed by atoms with E-state index in [0.29, 0.717) is 38.4 Å². The van der Waals surface area contributed by atoms with Gasteiger partial charge in [-0.25, -0.2) is 4.39 Å². The number of hydrogen-bond donors (Lipinski definition) is 1. The van der Waals surface area contributed by atoms with Crippen LogP contribution in [0.1, 0.15) is 17.4 Å². The van der Waals surface area contributed by atoms with E-state index < -0.39 is 6.10 Å². The van der Waals surface area contributed by atoms with Gasteiger partial charge in [0, 0.05) is 25.2 Å². The molecule has 1 aliphatic heterocycles. The van der Waals surface area contributed by atoms with Crippen molar-refractivity contribution < 1.29 is 23.4 Å². The number of aliphatic hydroxyl groups excluding tert-OH is 1. The zero-order chi connectivity index (χ0) is 16.8. The van der Waals surface area contributed by atoms with Crippen molar-refractivity contribution in [2.24, 2.45) is 0 Å². The summed E-state index contributed by atoms with van der Waals surface area (Å²) in [7, 11) is 0. The molecule has 1 aromatic carbocycles. The topological polar surface area (TPSA) is 55.1 Å². The van der Waals surface area contributed by atoms with Gasteiger partial charge in [-0.15, -0.1) is 0 Å². The van der Waals surface area contributed by atoms with E-state index in [1.54, 1.807) is 30.5 Å². The highest BCUT2D eigenvalue weighted by atomic mass is 19.1. The fourth-order valence-electron chi connectivity index (χ4n) is 2.83. The number of furan rings is 1. The monoisotopic (exact) mass is 335 g/mol. The molecule has 0 amide bonds. The predicted octanol–water partition coefficient (Wildman–Crippen LogP) is 2.37. The van der Waals surface area contributed by atoms with E-state index in [1.807, 2.05) is 6.07 Å². The van der Waals surface area contributed by atoms with E-state index in [9.17, 15) is 9.50 Å². The molecule has 130 valence electrons. The molecule has 0 saturated carbocycles. The van der Waals surface area contributed by atoms with Crippen molar-refractivity contribution in [3.8, 4) is 0 Å². The van der Waals surface area contributed by atoms with Crippen LogP contribution >= 0.6 is 0 Å². The molecule has 5 nitrogen and oxygen atoms in total. The van der Waals surface area contributed by atoms with E-state index in [0.717, 1.165) is 5.76 Å². The number of morpholine rings is 1. The summed E-state index contributed by atoms with van der Waals surface area (Å²) in [6, 6.07) is 10.3. The van der Waals surface area contributed by atoms with Gasteiger partial charge in [0.2, 0.25) is 0 Å². The third kappa shape index (κ3) is 4.64. The summed E-state index contributed by atoms with van der Waals surface area (Å²) < 4.78 is 30.2. The lowest BCUT2D eigenvalue weighted by molar-refractivity contribution is -0.0554. The molecule has 1 aliphatic rings. The molecule has 2 aromatic rings. The van der Waals surface area contributed by atoms with Gasteiger partial charge in [0.05, 0.1) is 31.7 Å². The van der Waals surface area contributed by atoms with Crippen LogP contribution in [0.3, 0.4) is 0 Å². The Morgan fingerprint density at radius 2 is 2.17 bits per heavy atom. The van der Waals surface area contributed by atoms with Crippen LogP contribution in [-0.4, -0.2) is 49.0 Å². The van der Waals surface area contributed by atoms with Gasteiger partial charge < -0.3 is 19.0 Å². The highest BCUT2D eigenvalue weighted by molar-refractivity contribution is 5.20. The van der Waals surface area contributed by atoms with Crippen LogP contribution in [0.4, 0.5) is 4.39 Å². The summed E-state index contributed by atoms with van der Waals surface area (Å²) in [5.41, 5.74) is 0.561. The van der Waals surface area contributed by atoms with E-state index >= 15 is 0 Å². The maximum atomic E-state index is 13.9. The van der Waals surface area contributed by atoms with Gasteiger partial charge in [-0.2, -0.15) is 0 Å². The number of ether oxygens (including phenoxy) is 2. The molecule has 1 N–H and O–H groups in total. The van der Waals surface area contributed by atoms with E-state index in [2.05, 4.69) is 4.90 Å². The molecule has 0 radical (unpaired) electrons. The van der Waals surface area contributed by atoms with E-state index in [-0.39, 0.29) is 18.5 Å². The number of β-amino-alcohol motifs (C(OH)–C–C–N with tert-alkyl or cyclic N) is 1. The molecule has 1 aromatic heterocycles. The second kappa shape index (κ2) is 8.39. The number of halogens is 1. The Bertz CT molecular complexity index is 619. The van der Waals surface area contributed by atoms with E-state index in [1.165, 1.54) is 6.07 Å². The highest BCUT2D eigenvalue weighted by Crippen LogP contribution is 2.24. The minimum absolute atomic E-state index is 0.225. The maximum absolute atomic E-state index is 13.9. The minimum atomic E-state index is -0.612. The van der Waals surface area contributed by atoms with Gasteiger partial charge in [0.1, 0.15) is 18.2 Å². The lowest BCUT2D eigenvalue weighted by Crippen LogP contribution is -2.43. The molecule has 6 heteroatoms. The smallest absolute Gasteiger partial charge is 0.129 e. The molecule has 3 rings (SSSR count). The molecule has 1 fully saturated rings. The Labute approximate surface area is 140 Å². The van der Waals surface area contributed by atoms with Crippen molar-refractivity contribution in [3.05, 3.63) is 59.8 Å². The molecule has 24 heavy (non-hydrogen) atoms. The van der Waals surface area contributed by atoms with Crippen LogP contribution in [0.5, 0.6) is 0 Å². The van der Waals surface area contributed by atoms with Crippen LogP contribution in [0, 0.1) is 5.82 Å². The number of hydrogen-bond acceptors (Lipinski definition) is 5. The van der Waals surface area contributed by atoms with Crippen molar-refractivity contribution in [2.75, 3.05) is 32.8 Å². The average Bonchev–Trinajstić information content (AvgIpc) is 3.09. The third-order valence-corrected chi connectivity index (χ3v) is 4.01. The van der Waals surface area contributed by atoms with Crippen LogP contribution in [0.2, 0.25) is 0 Å². The fourth-order valence-corrected chi connectivity index (χ4v) is 2.83. The maximum Gasteiger partial charge on any atom is 0.129 e. The molecular weight excluding hydrogens is 313 g/mol. The molecule has 1 saturated heterocycles. The molecule has 2 atom stereocenters. The number of benzene rings is 1. The van der Waals surface area contributed by atoms with Crippen LogP contribution in [0.15, 0.2) is 47.1 Å². The zero-order valence-electron chi connectivity index (χ0n) is 13.4. The average molecular weight is 335 g/mol. The first-order chi connectivity index (χ1) is 11.7. The van der Waals surface area contributed by atoms with Gasteiger partial charge >= 0.3 is 0 Å². The Morgan fingerprint density at radius 3 is 2.96 bits per heavy atom. The predicted molar refractivity (Wildman–Crippen MR) is 85.9 cm³/mol. The van der Waals surface area contributed by atoms with Gasteiger partial charge in [-0.05, 0) is 18.2 Å². The summed E-state index contributed by atoms with van der Waals surface area (Å²) in [4.78, 5) is 2.07. The van der Waals surface area contributed by atoms with Crippen molar-refractivity contribution in [3.63, 3.8) is 0 Å². The van der Waals surface area contributed by atoms with Crippen molar-refractivity contribution in [1.29, 1.82) is 0 Å². The first kappa shape index (κ1) is 17.1. The molecule has 0 spiro atoms. The summed E-state index contributed by atoms with van der Waals surface area (Å²) in [5, 5.41) is 10.1. The lowest BCUT2D eigenvalue weighted by atomic mass is 10.1. The van der Waals surface area contributed by atoms with Crippen molar-refractivity contribution in [1.82, 2.24) is 4.90 Å². The number of aliphatic hydroxyl groups is 1. The van der Waals surface area contributed by atoms with Gasteiger partial charge in [0.25, 0.3) is 0 Å². The Hall–Kier alpha value is -1.73. The molecular formula is C18H22FNO4. The zero-order valence-corrected chi connectivity index (χ0v) is 13.4. The van der Waals surface area contributed by atoms with Gasteiger partial charge in [0.15, 0.2) is 0 Å². The quantitative estimate of drug-likeness (QED) is 0.842. The minimum Gasteiger partial charge on any atom is -0.467 e. The molecule has 0 aliphatic carbocycles. The SMILES string of the molecule is OC(COCc1ccco1)CN1CCOC(c2ccccc2F)C1. The third-order valence-electron chi connectivity index (χ3n) is 4.01. The number of rotatable bonds is 7. The lowest BCUT2D eigenvalue weighted by Gasteiger charge is -2.34. The van der Waals surface area contributed by atoms with Crippen LogP contribution in [0.25, 0.3) is 0 Å². The Balaban J connectivity index is 1.45. The molecule has 2 heterocycles. The number of nitrogens with zero attached hydrogens (tertiary/aromatic N) is 1. The Morgan fingerprint density at radius 1 is 1.29 bits per heavy atom. The first-order valence-corrected chi connectivity index (χ1v) is 8.09. The van der Waals surface area contributed by atoms with Gasteiger partial charge in [-0.3, -0.25) is 4.90 Å². The molecule has 0 bridgehead atoms. The van der Waals surface area contributed by atoms with Crippen LogP contribution < -0.4 is 0 Å². The Kier molecular flexibility index (Phi) is 5.98. The fraction of sp³-hybridized carbons (Fsp3) is 0.444. The second-order valence-corrected chi connectivity index (χ2v) is 5.89. The van der Waals surface area contributed by atoms with Crippen molar-refractivity contribution in [2.45, 2.75) is 18.8 Å². The van der Waals surface area contributed by atoms with Gasteiger partial charge in [-0.1, -0.05) is 18.2 Å². The largest absolute Gasteiger partial charge is 0.467 e. The molecule has 2 unspecified atom stereocenters. The highest BCUT2D eigenvalue weighted by Gasteiger charge is 2.25. The summed E-state index contributed by atoms with van der Waals surface area (Å²) >= 11 is 0. The standard InChI is InChI=1S/C18H22FNO4/c19-17-6-2-1-5-16(17)18-11-20(7-9-24-18)10-14(21)12-22-13-15-4-3-8-23-15/h1-6,8,14,18,21H,7,9-13H2. The summed E-state index contributed by atoms with van der Waals surface area (Å²) in [6.45, 7) is 2.80. The van der Waals surface area contributed by atoms with Crippen molar-refractivity contribution >= 4 is 0 Å². The summed E-state index contributed by atoms with van der Waals surface area (Å²) in [5.74, 6) is 0.472.